The molecule has 1 fully saturated rings. The standard InChI is InChI=1S/C21H34N4O4S2/c1-4-17-8-6-7-9-18(17)22-20(26)16-24-11-13-25(14-12-24)21(27)19(10-15-30-3)23-31(28,29)5-2/h6-9,19,23H,4-5,10-16H2,1-3H3,(H,22,26). The fourth-order valence-corrected chi connectivity index (χ4v) is 4.75. The maximum atomic E-state index is 12.9. The van der Waals surface area contributed by atoms with Gasteiger partial charge in [-0.3, -0.25) is 14.5 Å². The van der Waals surface area contributed by atoms with Crippen LogP contribution in [0.4, 0.5) is 5.69 Å². The van der Waals surface area contributed by atoms with E-state index in [9.17, 15) is 18.0 Å². The molecule has 1 saturated heterocycles. The third-order valence-corrected chi connectivity index (χ3v) is 7.38. The normalized spacial score (nSPS) is 16.2. The lowest BCUT2D eigenvalue weighted by Crippen LogP contribution is -2.55. The number of thioether (sulfide) groups is 1. The Morgan fingerprint density at radius 1 is 1.13 bits per heavy atom. The monoisotopic (exact) mass is 470 g/mol. The Hall–Kier alpha value is -1.62. The van der Waals surface area contributed by atoms with E-state index in [0.717, 1.165) is 17.7 Å². The first-order valence-corrected chi connectivity index (χ1v) is 13.7. The van der Waals surface area contributed by atoms with E-state index in [1.54, 1.807) is 23.6 Å². The fraction of sp³-hybridized carbons (Fsp3) is 0.619. The van der Waals surface area contributed by atoms with Crippen LogP contribution >= 0.6 is 11.8 Å². The summed E-state index contributed by atoms with van der Waals surface area (Å²) in [5.74, 6) is 0.378. The highest BCUT2D eigenvalue weighted by molar-refractivity contribution is 7.98. The predicted molar refractivity (Wildman–Crippen MR) is 127 cm³/mol. The number of anilines is 1. The van der Waals surface area contributed by atoms with Crippen molar-refractivity contribution in [2.24, 2.45) is 0 Å². The first kappa shape index (κ1) is 25.6. The van der Waals surface area contributed by atoms with Gasteiger partial charge in [0, 0.05) is 31.9 Å². The van der Waals surface area contributed by atoms with Crippen LogP contribution in [0.3, 0.4) is 0 Å². The van der Waals surface area contributed by atoms with Gasteiger partial charge in [-0.2, -0.15) is 11.8 Å². The predicted octanol–water partition coefficient (Wildman–Crippen LogP) is 1.39. The van der Waals surface area contributed by atoms with Crippen molar-refractivity contribution in [3.8, 4) is 0 Å². The smallest absolute Gasteiger partial charge is 0.240 e. The van der Waals surface area contributed by atoms with Crippen LogP contribution in [0, 0.1) is 0 Å². The SMILES string of the molecule is CCc1ccccc1NC(=O)CN1CCN(C(=O)C(CCSC)NS(=O)(=O)CC)CC1. The molecule has 0 bridgehead atoms. The van der Waals surface area contributed by atoms with Gasteiger partial charge < -0.3 is 10.2 Å². The molecule has 1 aliphatic rings. The Balaban J connectivity index is 1.88. The van der Waals surface area contributed by atoms with Crippen LogP contribution in [0.25, 0.3) is 0 Å². The van der Waals surface area contributed by atoms with Crippen molar-refractivity contribution in [1.82, 2.24) is 14.5 Å². The van der Waals surface area contributed by atoms with Gasteiger partial charge in [0.2, 0.25) is 21.8 Å². The van der Waals surface area contributed by atoms with E-state index in [1.807, 2.05) is 42.3 Å². The van der Waals surface area contributed by atoms with Crippen LogP contribution in [0.2, 0.25) is 0 Å². The molecule has 0 aliphatic carbocycles. The first-order chi connectivity index (χ1) is 14.8. The third-order valence-electron chi connectivity index (χ3n) is 5.33. The molecule has 0 spiro atoms. The number of carbonyl (C=O) groups excluding carboxylic acids is 2. The number of hydrogen-bond donors (Lipinski definition) is 2. The summed E-state index contributed by atoms with van der Waals surface area (Å²) in [6.07, 6.45) is 3.23. The van der Waals surface area contributed by atoms with Gasteiger partial charge in [-0.1, -0.05) is 25.1 Å². The van der Waals surface area contributed by atoms with E-state index in [-0.39, 0.29) is 24.1 Å². The molecule has 1 aliphatic heterocycles. The molecule has 31 heavy (non-hydrogen) atoms. The number of carbonyl (C=O) groups is 2. The summed E-state index contributed by atoms with van der Waals surface area (Å²) in [6, 6.07) is 7.02. The molecule has 10 heteroatoms. The maximum Gasteiger partial charge on any atom is 0.240 e. The van der Waals surface area contributed by atoms with E-state index < -0.39 is 16.1 Å². The quantitative estimate of drug-likeness (QED) is 0.507. The summed E-state index contributed by atoms with van der Waals surface area (Å²) in [4.78, 5) is 29.1. The van der Waals surface area contributed by atoms with Gasteiger partial charge in [0.1, 0.15) is 6.04 Å². The second kappa shape index (κ2) is 12.4. The zero-order valence-electron chi connectivity index (χ0n) is 18.6. The Morgan fingerprint density at radius 2 is 1.81 bits per heavy atom. The third kappa shape index (κ3) is 8.10. The number of hydrogen-bond acceptors (Lipinski definition) is 6. The van der Waals surface area contributed by atoms with Gasteiger partial charge in [0.05, 0.1) is 12.3 Å². The first-order valence-electron chi connectivity index (χ1n) is 10.7. The molecule has 1 heterocycles. The van der Waals surface area contributed by atoms with Crippen LogP contribution in [0.15, 0.2) is 24.3 Å². The maximum absolute atomic E-state index is 12.9. The summed E-state index contributed by atoms with van der Waals surface area (Å²) in [5.41, 5.74) is 1.93. The number of amides is 2. The van der Waals surface area contributed by atoms with Crippen LogP contribution in [-0.4, -0.2) is 86.6 Å². The largest absolute Gasteiger partial charge is 0.339 e. The zero-order valence-corrected chi connectivity index (χ0v) is 20.2. The molecule has 8 nitrogen and oxygen atoms in total. The van der Waals surface area contributed by atoms with E-state index in [0.29, 0.717) is 38.4 Å². The Morgan fingerprint density at radius 3 is 2.42 bits per heavy atom. The van der Waals surface area contributed by atoms with Crippen molar-refractivity contribution in [3.63, 3.8) is 0 Å². The fourth-order valence-electron chi connectivity index (χ4n) is 3.46. The van der Waals surface area contributed by atoms with Crippen molar-refractivity contribution < 1.29 is 18.0 Å². The number of rotatable bonds is 11. The summed E-state index contributed by atoms with van der Waals surface area (Å²) in [5, 5.41) is 2.98. The van der Waals surface area contributed by atoms with Crippen molar-refractivity contribution >= 4 is 39.3 Å². The number of sulfonamides is 1. The molecule has 1 unspecified atom stereocenters. The highest BCUT2D eigenvalue weighted by Crippen LogP contribution is 2.15. The zero-order chi connectivity index (χ0) is 22.9. The van der Waals surface area contributed by atoms with Crippen LogP contribution in [0.5, 0.6) is 0 Å². The Kier molecular flexibility index (Phi) is 10.3. The lowest BCUT2D eigenvalue weighted by atomic mass is 10.1. The molecule has 2 N–H and O–H groups in total. The molecule has 1 aromatic rings. The second-order valence-electron chi connectivity index (χ2n) is 7.52. The van der Waals surface area contributed by atoms with E-state index in [2.05, 4.69) is 10.0 Å². The minimum absolute atomic E-state index is 0.0555. The van der Waals surface area contributed by atoms with Crippen molar-refractivity contribution in [3.05, 3.63) is 29.8 Å². The highest BCUT2D eigenvalue weighted by atomic mass is 32.2. The molecular weight excluding hydrogens is 436 g/mol. The van der Waals surface area contributed by atoms with Crippen LogP contribution in [-0.2, 0) is 26.0 Å². The molecule has 1 aromatic carbocycles. The summed E-state index contributed by atoms with van der Waals surface area (Å²) in [7, 11) is -3.47. The van der Waals surface area contributed by atoms with Gasteiger partial charge in [-0.15, -0.1) is 0 Å². The van der Waals surface area contributed by atoms with Gasteiger partial charge in [-0.25, -0.2) is 13.1 Å². The molecule has 1 atom stereocenters. The topological polar surface area (TPSA) is 98.8 Å². The van der Waals surface area contributed by atoms with Crippen molar-refractivity contribution in [2.75, 3.05) is 55.8 Å². The van der Waals surface area contributed by atoms with Crippen LogP contribution in [0.1, 0.15) is 25.8 Å². The average molecular weight is 471 g/mol. The van der Waals surface area contributed by atoms with Crippen molar-refractivity contribution in [1.29, 1.82) is 0 Å². The highest BCUT2D eigenvalue weighted by Gasteiger charge is 2.30. The van der Waals surface area contributed by atoms with E-state index in [4.69, 9.17) is 0 Å². The van der Waals surface area contributed by atoms with Crippen LogP contribution < -0.4 is 10.0 Å². The Labute approximate surface area is 190 Å². The molecular formula is C21H34N4O4S2. The number of para-hydroxylation sites is 1. The molecule has 174 valence electrons. The average Bonchev–Trinajstić information content (AvgIpc) is 2.77. The molecule has 2 amide bonds. The molecule has 0 aromatic heterocycles. The number of aryl methyl sites for hydroxylation is 1. The minimum atomic E-state index is -3.47. The van der Waals surface area contributed by atoms with Crippen molar-refractivity contribution in [2.45, 2.75) is 32.7 Å². The lowest BCUT2D eigenvalue weighted by molar-refractivity contribution is -0.134. The summed E-state index contributed by atoms with van der Waals surface area (Å²) < 4.78 is 26.5. The van der Waals surface area contributed by atoms with E-state index >= 15 is 0 Å². The molecule has 0 saturated carbocycles. The van der Waals surface area contributed by atoms with Gasteiger partial charge >= 0.3 is 0 Å². The Bertz CT molecular complexity index is 840. The summed E-state index contributed by atoms with van der Waals surface area (Å²) in [6.45, 7) is 5.96. The number of benzene rings is 1. The van der Waals surface area contributed by atoms with Gasteiger partial charge in [0.25, 0.3) is 0 Å². The molecule has 0 radical (unpaired) electrons. The minimum Gasteiger partial charge on any atom is -0.339 e. The second-order valence-corrected chi connectivity index (χ2v) is 10.5. The number of piperazine rings is 1. The molecule has 2 rings (SSSR count). The van der Waals surface area contributed by atoms with E-state index in [1.165, 1.54) is 0 Å². The number of nitrogens with one attached hydrogen (secondary N) is 2. The summed E-state index contributed by atoms with van der Waals surface area (Å²) >= 11 is 1.58. The lowest BCUT2D eigenvalue weighted by Gasteiger charge is -2.36. The van der Waals surface area contributed by atoms with Gasteiger partial charge in [-0.05, 0) is 43.4 Å². The number of nitrogens with zero attached hydrogens (tertiary/aromatic N) is 2. The van der Waals surface area contributed by atoms with Gasteiger partial charge in [0.15, 0.2) is 0 Å².